The summed E-state index contributed by atoms with van der Waals surface area (Å²) in [5.41, 5.74) is 5.80. The predicted molar refractivity (Wildman–Crippen MR) is 88.5 cm³/mol. The van der Waals surface area contributed by atoms with Gasteiger partial charge < -0.3 is 15.6 Å². The van der Waals surface area contributed by atoms with Crippen molar-refractivity contribution in [2.24, 2.45) is 5.73 Å². The number of benzene rings is 2. The van der Waals surface area contributed by atoms with Gasteiger partial charge in [0.15, 0.2) is 10.7 Å². The second-order valence-electron chi connectivity index (χ2n) is 4.97. The molecule has 3 rings (SSSR count). The smallest absolute Gasteiger partial charge is 0.269 e. The Balaban J connectivity index is 2.10. The Labute approximate surface area is 145 Å². The van der Waals surface area contributed by atoms with E-state index in [0.29, 0.717) is 21.8 Å². The second kappa shape index (κ2) is 6.18. The highest BCUT2D eigenvalue weighted by molar-refractivity contribution is 8.03. The van der Waals surface area contributed by atoms with Gasteiger partial charge >= 0.3 is 0 Å². The normalized spacial score (nSPS) is 14.2. The molecule has 9 heteroatoms. The third kappa shape index (κ3) is 2.98. The molecule has 0 saturated heterocycles. The Morgan fingerprint density at radius 3 is 2.56 bits per heavy atom. The molecule has 0 spiro atoms. The molecule has 1 heterocycles. The number of hydrogen-bond donors (Lipinski definition) is 2. The van der Waals surface area contributed by atoms with E-state index in [1.54, 1.807) is 6.07 Å². The lowest BCUT2D eigenvalue weighted by Gasteiger charge is -2.08. The summed E-state index contributed by atoms with van der Waals surface area (Å²) in [6, 6.07) is 10.2. The first-order chi connectivity index (χ1) is 11.9. The zero-order valence-corrected chi connectivity index (χ0v) is 13.2. The Bertz CT molecular complexity index is 977. The van der Waals surface area contributed by atoms with E-state index in [1.807, 2.05) is 0 Å². The molecule has 1 amide bonds. The average molecular weight is 355 g/mol. The number of ether oxygens (including phenoxy) is 1. The number of thioether (sulfide) groups is 1. The number of phenolic OH excluding ortho intramolecular Hbond substituents is 1. The summed E-state index contributed by atoms with van der Waals surface area (Å²) in [6.45, 7) is 0. The number of nitro benzene ring substituents is 1. The highest BCUT2D eigenvalue weighted by Gasteiger charge is 2.28. The molecule has 25 heavy (non-hydrogen) atoms. The maximum absolute atomic E-state index is 11.3. The lowest BCUT2D eigenvalue weighted by atomic mass is 10.0. The van der Waals surface area contributed by atoms with Crippen LogP contribution in [-0.4, -0.2) is 15.9 Å². The van der Waals surface area contributed by atoms with Crippen LogP contribution in [-0.2, 0) is 4.79 Å². The van der Waals surface area contributed by atoms with Crippen molar-refractivity contribution in [3.8, 4) is 28.7 Å². The first kappa shape index (κ1) is 16.4. The zero-order chi connectivity index (χ0) is 18.1. The van der Waals surface area contributed by atoms with Crippen LogP contribution in [0.1, 0.15) is 0 Å². The summed E-state index contributed by atoms with van der Waals surface area (Å²) in [5.74, 6) is -0.637. The van der Waals surface area contributed by atoms with E-state index < -0.39 is 10.8 Å². The predicted octanol–water partition coefficient (Wildman–Crippen LogP) is 2.67. The van der Waals surface area contributed by atoms with E-state index in [2.05, 4.69) is 0 Å². The van der Waals surface area contributed by atoms with E-state index in [-0.39, 0.29) is 22.1 Å². The number of hydrogen-bond acceptors (Lipinski definition) is 7. The highest BCUT2D eigenvalue weighted by atomic mass is 32.2. The maximum atomic E-state index is 11.3. The summed E-state index contributed by atoms with van der Waals surface area (Å²) < 4.78 is 5.61. The molecule has 0 aliphatic carbocycles. The van der Waals surface area contributed by atoms with Gasteiger partial charge in [0.2, 0.25) is 0 Å². The third-order valence-electron chi connectivity index (χ3n) is 3.39. The molecule has 0 fully saturated rings. The fourth-order valence-corrected chi connectivity index (χ4v) is 3.26. The minimum atomic E-state index is -0.918. The molecule has 2 aromatic carbocycles. The number of carbonyl (C=O) groups is 1. The zero-order valence-electron chi connectivity index (χ0n) is 12.4. The van der Waals surface area contributed by atoms with Crippen LogP contribution in [0.4, 0.5) is 5.69 Å². The van der Waals surface area contributed by atoms with Gasteiger partial charge in [-0.1, -0.05) is 0 Å². The van der Waals surface area contributed by atoms with Crippen molar-refractivity contribution in [2.45, 2.75) is 4.90 Å². The Hall–Kier alpha value is -3.51. The van der Waals surface area contributed by atoms with Crippen molar-refractivity contribution in [3.63, 3.8) is 0 Å². The second-order valence-corrected chi connectivity index (χ2v) is 5.98. The van der Waals surface area contributed by atoms with Crippen molar-refractivity contribution in [2.75, 3.05) is 0 Å². The summed E-state index contributed by atoms with van der Waals surface area (Å²) in [5, 5.41) is 29.8. The number of nitrogens with zero attached hydrogens (tertiary/aromatic N) is 2. The van der Waals surface area contributed by atoms with Crippen molar-refractivity contribution < 1.29 is 19.6 Å². The van der Waals surface area contributed by atoms with Crippen molar-refractivity contribution in [3.05, 3.63) is 57.2 Å². The van der Waals surface area contributed by atoms with Crippen molar-refractivity contribution in [1.82, 2.24) is 0 Å². The number of amides is 1. The maximum Gasteiger partial charge on any atom is 0.269 e. The molecule has 0 atom stereocenters. The summed E-state index contributed by atoms with van der Waals surface area (Å²) in [6.07, 6.45) is 0. The molecule has 124 valence electrons. The van der Waals surface area contributed by atoms with Gasteiger partial charge in [-0.2, -0.15) is 5.26 Å². The Morgan fingerprint density at radius 1 is 1.32 bits per heavy atom. The van der Waals surface area contributed by atoms with Crippen LogP contribution in [0.15, 0.2) is 52.0 Å². The van der Waals surface area contributed by atoms with Gasteiger partial charge in [0.05, 0.1) is 9.82 Å². The van der Waals surface area contributed by atoms with E-state index in [4.69, 9.17) is 15.7 Å². The number of nitriles is 1. The molecule has 1 aliphatic heterocycles. The molecule has 3 N–H and O–H groups in total. The fraction of sp³-hybridized carbons (Fsp3) is 0. The van der Waals surface area contributed by atoms with Gasteiger partial charge in [0, 0.05) is 17.7 Å². The molecule has 0 aromatic heterocycles. The van der Waals surface area contributed by atoms with Crippen molar-refractivity contribution >= 4 is 23.4 Å². The lowest BCUT2D eigenvalue weighted by molar-refractivity contribution is -0.384. The standard InChI is InChI=1S/C16H9N3O5S/c17-7-12(15(18)21)16-24-14-11(5-10(20)6-13(14)25-16)8-1-3-9(4-2-8)19(22)23/h1-6,20H,(H2,18,21)/b16-12-. The Morgan fingerprint density at radius 2 is 2.00 bits per heavy atom. The molecule has 0 bridgehead atoms. The van der Waals surface area contributed by atoms with Gasteiger partial charge in [-0.05, 0) is 41.6 Å². The molecule has 0 saturated carbocycles. The van der Waals surface area contributed by atoms with E-state index in [0.717, 1.165) is 11.8 Å². The molecular weight excluding hydrogens is 346 g/mol. The Kier molecular flexibility index (Phi) is 4.04. The number of primary amides is 1. The molecule has 2 aromatic rings. The average Bonchev–Trinajstić information content (AvgIpc) is 2.97. The largest absolute Gasteiger partial charge is 0.508 e. The summed E-state index contributed by atoms with van der Waals surface area (Å²) >= 11 is 0.994. The number of carbonyl (C=O) groups excluding carboxylic acids is 1. The van der Waals surface area contributed by atoms with Crippen LogP contribution in [0.5, 0.6) is 11.5 Å². The van der Waals surface area contributed by atoms with Crippen LogP contribution in [0, 0.1) is 21.4 Å². The van der Waals surface area contributed by atoms with E-state index >= 15 is 0 Å². The van der Waals surface area contributed by atoms with Crippen molar-refractivity contribution in [1.29, 1.82) is 5.26 Å². The number of nitrogens with two attached hydrogens (primary N) is 1. The minimum Gasteiger partial charge on any atom is -0.508 e. The fourth-order valence-electron chi connectivity index (χ4n) is 2.26. The lowest BCUT2D eigenvalue weighted by Crippen LogP contribution is -2.15. The SMILES string of the molecule is N#C/C(C(N)=O)=C1\Oc2c(cc(O)cc2-c2ccc([N+](=O)[O-])cc2)S1. The van der Waals surface area contributed by atoms with E-state index in [9.17, 15) is 20.0 Å². The van der Waals surface area contributed by atoms with Crippen LogP contribution < -0.4 is 10.5 Å². The van der Waals surface area contributed by atoms with Gasteiger partial charge in [-0.3, -0.25) is 14.9 Å². The summed E-state index contributed by atoms with van der Waals surface area (Å²) in [7, 11) is 0. The van der Waals surface area contributed by atoms with Crippen LogP contribution in [0.3, 0.4) is 0 Å². The number of nitro groups is 1. The van der Waals surface area contributed by atoms with Crippen LogP contribution >= 0.6 is 11.8 Å². The van der Waals surface area contributed by atoms with Gasteiger partial charge in [-0.15, -0.1) is 0 Å². The molecule has 0 radical (unpaired) electrons. The van der Waals surface area contributed by atoms with Gasteiger partial charge in [0.25, 0.3) is 11.6 Å². The topological polar surface area (TPSA) is 139 Å². The van der Waals surface area contributed by atoms with Crippen LogP contribution in [0.2, 0.25) is 0 Å². The molecule has 0 unspecified atom stereocenters. The summed E-state index contributed by atoms with van der Waals surface area (Å²) in [4.78, 5) is 22.1. The first-order valence-corrected chi connectivity index (χ1v) is 7.64. The number of aromatic hydroxyl groups is 1. The number of fused-ring (bicyclic) bond motifs is 1. The third-order valence-corrected chi connectivity index (χ3v) is 4.38. The van der Waals surface area contributed by atoms with E-state index in [1.165, 1.54) is 36.4 Å². The number of non-ortho nitro benzene ring substituents is 1. The quantitative estimate of drug-likeness (QED) is 0.373. The monoisotopic (exact) mass is 355 g/mol. The number of rotatable bonds is 3. The molecular formula is C16H9N3O5S. The molecule has 1 aliphatic rings. The van der Waals surface area contributed by atoms with Gasteiger partial charge in [0.1, 0.15) is 17.6 Å². The van der Waals surface area contributed by atoms with Crippen LogP contribution in [0.25, 0.3) is 11.1 Å². The molecule has 8 nitrogen and oxygen atoms in total. The highest BCUT2D eigenvalue weighted by Crippen LogP contribution is 2.51. The van der Waals surface area contributed by atoms with Gasteiger partial charge in [-0.25, -0.2) is 0 Å². The first-order valence-electron chi connectivity index (χ1n) is 6.82. The number of phenols is 1. The minimum absolute atomic E-state index is 0.0266.